The molecule has 0 aromatic heterocycles. The summed E-state index contributed by atoms with van der Waals surface area (Å²) in [6.45, 7) is 7.88. The fourth-order valence-corrected chi connectivity index (χ4v) is 1.71. The lowest BCUT2D eigenvalue weighted by molar-refractivity contribution is -0.123. The molecule has 14 heavy (non-hydrogen) atoms. The molecule has 0 aliphatic heterocycles. The fourth-order valence-electron chi connectivity index (χ4n) is 1.71. The lowest BCUT2D eigenvalue weighted by atomic mass is 9.94. The number of hydrogen-bond acceptors (Lipinski definition) is 1. The minimum atomic E-state index is 0.314. The van der Waals surface area contributed by atoms with Gasteiger partial charge in [0, 0.05) is 12.3 Å². The van der Waals surface area contributed by atoms with Crippen LogP contribution in [-0.2, 0) is 4.79 Å². The first-order valence-electron chi connectivity index (χ1n) is 5.89. The number of allylic oxidation sites excluding steroid dienone is 1. The van der Waals surface area contributed by atoms with Gasteiger partial charge in [0.1, 0.15) is 5.78 Å². The molecular formula is C13H24O. The van der Waals surface area contributed by atoms with Crippen molar-refractivity contribution < 1.29 is 4.79 Å². The SMILES string of the molecule is C=CCCCCCC(=O)C(CC)CC. The van der Waals surface area contributed by atoms with Crippen molar-refractivity contribution in [1.29, 1.82) is 0 Å². The number of Topliss-reactive ketones (excluding diaryl/α,β-unsaturated/α-hetero) is 1. The van der Waals surface area contributed by atoms with Crippen LogP contribution in [0.5, 0.6) is 0 Å². The molecule has 0 saturated heterocycles. The summed E-state index contributed by atoms with van der Waals surface area (Å²) in [6, 6.07) is 0. The lowest BCUT2D eigenvalue weighted by Crippen LogP contribution is -2.12. The van der Waals surface area contributed by atoms with E-state index in [1.807, 2.05) is 6.08 Å². The first-order valence-corrected chi connectivity index (χ1v) is 5.89. The Morgan fingerprint density at radius 1 is 1.21 bits per heavy atom. The van der Waals surface area contributed by atoms with Crippen LogP contribution in [-0.4, -0.2) is 5.78 Å². The lowest BCUT2D eigenvalue weighted by Gasteiger charge is -2.10. The highest BCUT2D eigenvalue weighted by molar-refractivity contribution is 5.80. The van der Waals surface area contributed by atoms with Gasteiger partial charge in [-0.2, -0.15) is 0 Å². The van der Waals surface area contributed by atoms with Gasteiger partial charge in [-0.25, -0.2) is 0 Å². The van der Waals surface area contributed by atoms with E-state index in [0.29, 0.717) is 11.7 Å². The highest BCUT2D eigenvalue weighted by Crippen LogP contribution is 2.14. The number of carbonyl (C=O) groups is 1. The minimum Gasteiger partial charge on any atom is -0.299 e. The summed E-state index contributed by atoms with van der Waals surface area (Å²) in [7, 11) is 0. The zero-order valence-corrected chi connectivity index (χ0v) is 9.72. The van der Waals surface area contributed by atoms with Gasteiger partial charge in [0.2, 0.25) is 0 Å². The molecule has 0 aliphatic carbocycles. The molecule has 0 rings (SSSR count). The van der Waals surface area contributed by atoms with E-state index in [-0.39, 0.29) is 0 Å². The van der Waals surface area contributed by atoms with Crippen LogP contribution in [0.25, 0.3) is 0 Å². The quantitative estimate of drug-likeness (QED) is 0.400. The largest absolute Gasteiger partial charge is 0.299 e. The maximum Gasteiger partial charge on any atom is 0.135 e. The second-order valence-corrected chi connectivity index (χ2v) is 3.87. The molecule has 0 amide bonds. The third-order valence-corrected chi connectivity index (χ3v) is 2.77. The van der Waals surface area contributed by atoms with Crippen LogP contribution in [0.4, 0.5) is 0 Å². The van der Waals surface area contributed by atoms with Crippen molar-refractivity contribution in [3.8, 4) is 0 Å². The van der Waals surface area contributed by atoms with Crippen molar-refractivity contribution in [3.63, 3.8) is 0 Å². The summed E-state index contributed by atoms with van der Waals surface area (Å²) in [5.74, 6) is 0.781. The van der Waals surface area contributed by atoms with E-state index in [4.69, 9.17) is 0 Å². The normalized spacial score (nSPS) is 10.5. The second kappa shape index (κ2) is 8.98. The van der Waals surface area contributed by atoms with Gasteiger partial charge in [-0.15, -0.1) is 6.58 Å². The Labute approximate surface area is 88.6 Å². The van der Waals surface area contributed by atoms with Crippen LogP contribution >= 0.6 is 0 Å². The van der Waals surface area contributed by atoms with Crippen LogP contribution in [0.3, 0.4) is 0 Å². The fraction of sp³-hybridized carbons (Fsp3) is 0.769. The van der Waals surface area contributed by atoms with E-state index in [0.717, 1.165) is 38.5 Å². The van der Waals surface area contributed by atoms with Gasteiger partial charge in [-0.3, -0.25) is 4.79 Å². The molecule has 1 heteroatoms. The van der Waals surface area contributed by atoms with Crippen LogP contribution in [0.2, 0.25) is 0 Å². The highest BCUT2D eigenvalue weighted by Gasteiger charge is 2.12. The molecule has 0 radical (unpaired) electrons. The molecular weight excluding hydrogens is 172 g/mol. The molecule has 1 nitrogen and oxygen atoms in total. The Bertz CT molecular complexity index is 157. The molecule has 0 saturated carbocycles. The topological polar surface area (TPSA) is 17.1 Å². The molecule has 0 aromatic rings. The van der Waals surface area contributed by atoms with Crippen LogP contribution < -0.4 is 0 Å². The molecule has 82 valence electrons. The number of ketones is 1. The maximum absolute atomic E-state index is 11.6. The average molecular weight is 196 g/mol. The summed E-state index contributed by atoms with van der Waals surface area (Å²) in [4.78, 5) is 11.6. The van der Waals surface area contributed by atoms with Crippen LogP contribution in [0, 0.1) is 5.92 Å². The molecule has 0 unspecified atom stereocenters. The molecule has 0 aromatic carbocycles. The van der Waals surface area contributed by atoms with E-state index in [1.54, 1.807) is 0 Å². The Morgan fingerprint density at radius 2 is 1.86 bits per heavy atom. The molecule has 0 spiro atoms. The van der Waals surface area contributed by atoms with Crippen molar-refractivity contribution in [2.45, 2.75) is 58.8 Å². The van der Waals surface area contributed by atoms with E-state index >= 15 is 0 Å². The van der Waals surface area contributed by atoms with Gasteiger partial charge in [0.25, 0.3) is 0 Å². The summed E-state index contributed by atoms with van der Waals surface area (Å²) < 4.78 is 0. The van der Waals surface area contributed by atoms with Crippen molar-refractivity contribution >= 4 is 5.78 Å². The van der Waals surface area contributed by atoms with Crippen molar-refractivity contribution in [3.05, 3.63) is 12.7 Å². The second-order valence-electron chi connectivity index (χ2n) is 3.87. The third kappa shape index (κ3) is 5.95. The standard InChI is InChI=1S/C13H24O/c1-4-7-8-9-10-11-13(14)12(5-2)6-3/h4,12H,1,5-11H2,2-3H3. The van der Waals surface area contributed by atoms with Crippen LogP contribution in [0.15, 0.2) is 12.7 Å². The first kappa shape index (κ1) is 13.4. The minimum absolute atomic E-state index is 0.314. The monoisotopic (exact) mass is 196 g/mol. The summed E-state index contributed by atoms with van der Waals surface area (Å²) in [5, 5.41) is 0. The first-order chi connectivity index (χ1) is 6.76. The van der Waals surface area contributed by atoms with Crippen molar-refractivity contribution in [2.75, 3.05) is 0 Å². The van der Waals surface area contributed by atoms with Crippen LogP contribution in [0.1, 0.15) is 58.8 Å². The maximum atomic E-state index is 11.6. The molecule has 0 N–H and O–H groups in total. The Morgan fingerprint density at radius 3 is 2.36 bits per heavy atom. The Balaban J connectivity index is 3.47. The molecule has 0 fully saturated rings. The smallest absolute Gasteiger partial charge is 0.135 e. The molecule has 0 atom stereocenters. The van der Waals surface area contributed by atoms with Gasteiger partial charge < -0.3 is 0 Å². The number of hydrogen-bond donors (Lipinski definition) is 0. The number of unbranched alkanes of at least 4 members (excludes halogenated alkanes) is 3. The van der Waals surface area contributed by atoms with Gasteiger partial charge in [0.05, 0.1) is 0 Å². The van der Waals surface area contributed by atoms with E-state index in [9.17, 15) is 4.79 Å². The predicted molar refractivity (Wildman–Crippen MR) is 62.4 cm³/mol. The third-order valence-electron chi connectivity index (χ3n) is 2.77. The van der Waals surface area contributed by atoms with E-state index < -0.39 is 0 Å². The highest BCUT2D eigenvalue weighted by atomic mass is 16.1. The van der Waals surface area contributed by atoms with E-state index in [2.05, 4.69) is 20.4 Å². The summed E-state index contributed by atoms with van der Waals surface area (Å²) >= 11 is 0. The van der Waals surface area contributed by atoms with E-state index in [1.165, 1.54) is 6.42 Å². The van der Waals surface area contributed by atoms with Gasteiger partial charge in [0.15, 0.2) is 0 Å². The zero-order chi connectivity index (χ0) is 10.8. The predicted octanol–water partition coefficient (Wildman–Crippen LogP) is 4.13. The molecule has 0 aliphatic rings. The average Bonchev–Trinajstić information content (AvgIpc) is 2.19. The zero-order valence-electron chi connectivity index (χ0n) is 9.72. The Kier molecular flexibility index (Phi) is 8.61. The van der Waals surface area contributed by atoms with Crippen molar-refractivity contribution in [2.24, 2.45) is 5.92 Å². The summed E-state index contributed by atoms with van der Waals surface area (Å²) in [6.07, 6.45) is 9.22. The molecule has 0 bridgehead atoms. The number of carbonyl (C=O) groups excluding carboxylic acids is 1. The molecule has 0 heterocycles. The number of rotatable bonds is 9. The van der Waals surface area contributed by atoms with Gasteiger partial charge >= 0.3 is 0 Å². The van der Waals surface area contributed by atoms with Crippen molar-refractivity contribution in [1.82, 2.24) is 0 Å². The van der Waals surface area contributed by atoms with Gasteiger partial charge in [-0.1, -0.05) is 26.3 Å². The summed E-state index contributed by atoms with van der Waals surface area (Å²) in [5.41, 5.74) is 0. The van der Waals surface area contributed by atoms with Gasteiger partial charge in [-0.05, 0) is 32.1 Å². The Hall–Kier alpha value is -0.590.